The van der Waals surface area contributed by atoms with E-state index in [0.29, 0.717) is 5.69 Å². The number of carbonyl (C=O) groups is 2. The predicted molar refractivity (Wildman–Crippen MR) is 152 cm³/mol. The van der Waals surface area contributed by atoms with Crippen molar-refractivity contribution in [2.45, 2.75) is 70.8 Å². The highest BCUT2D eigenvalue weighted by Gasteiger charge is 2.50. The maximum atomic E-state index is 12.6. The molecule has 5 atom stereocenters. The maximum Gasteiger partial charge on any atom is 0.411 e. The normalized spacial score (nSPS) is 22.2. The van der Waals surface area contributed by atoms with Crippen molar-refractivity contribution in [2.24, 2.45) is 0 Å². The molecule has 1 saturated heterocycles. The highest BCUT2D eigenvalue weighted by Crippen LogP contribution is 2.31. The second-order valence-corrected chi connectivity index (χ2v) is 9.91. The van der Waals surface area contributed by atoms with Gasteiger partial charge in [-0.25, -0.2) is 4.79 Å². The molecule has 1 fully saturated rings. The van der Waals surface area contributed by atoms with Crippen LogP contribution in [0.3, 0.4) is 0 Å². The third kappa shape index (κ3) is 9.40. The molecule has 1 N–H and O–H groups in total. The van der Waals surface area contributed by atoms with Crippen molar-refractivity contribution >= 4 is 17.7 Å². The summed E-state index contributed by atoms with van der Waals surface area (Å²) in [7, 11) is 0. The summed E-state index contributed by atoms with van der Waals surface area (Å²) in [5, 5.41) is 2.67. The molecule has 9 heteroatoms. The van der Waals surface area contributed by atoms with Gasteiger partial charge >= 0.3 is 12.1 Å². The van der Waals surface area contributed by atoms with Crippen LogP contribution in [0.5, 0.6) is 0 Å². The van der Waals surface area contributed by atoms with Gasteiger partial charge in [0.05, 0.1) is 19.3 Å². The van der Waals surface area contributed by atoms with Gasteiger partial charge in [-0.2, -0.15) is 0 Å². The first-order valence-corrected chi connectivity index (χ1v) is 13.7. The summed E-state index contributed by atoms with van der Waals surface area (Å²) in [5.74, 6) is -0.532. The minimum atomic E-state index is -0.950. The zero-order valence-electron chi connectivity index (χ0n) is 23.5. The molecule has 0 saturated carbocycles. The Morgan fingerprint density at radius 3 is 1.85 bits per heavy atom. The topological polar surface area (TPSA) is 102 Å². The van der Waals surface area contributed by atoms with Crippen LogP contribution in [0.15, 0.2) is 91.0 Å². The van der Waals surface area contributed by atoms with Crippen molar-refractivity contribution in [1.29, 1.82) is 0 Å². The fourth-order valence-electron chi connectivity index (χ4n) is 4.46. The molecule has 9 nitrogen and oxygen atoms in total. The van der Waals surface area contributed by atoms with E-state index in [4.69, 9.17) is 28.4 Å². The molecule has 0 bridgehead atoms. The van der Waals surface area contributed by atoms with Gasteiger partial charge in [0.25, 0.3) is 0 Å². The number of para-hydroxylation sites is 1. The Hall–Kier alpha value is -3.76. The highest BCUT2D eigenvalue weighted by molar-refractivity contribution is 5.84. The van der Waals surface area contributed by atoms with Gasteiger partial charge in [0.2, 0.25) is 0 Å². The number of hydrogen-bond donors (Lipinski definition) is 1. The van der Waals surface area contributed by atoms with E-state index in [1.54, 1.807) is 24.3 Å². The molecule has 41 heavy (non-hydrogen) atoms. The molecule has 0 radical (unpaired) electrons. The lowest BCUT2D eigenvalue weighted by Gasteiger charge is -2.45. The Morgan fingerprint density at radius 1 is 0.780 bits per heavy atom. The average Bonchev–Trinajstić information content (AvgIpc) is 2.96. The lowest BCUT2D eigenvalue weighted by atomic mass is 9.98. The van der Waals surface area contributed by atoms with Gasteiger partial charge in [0.15, 0.2) is 12.4 Å². The maximum absolute atomic E-state index is 12.6. The van der Waals surface area contributed by atoms with Crippen LogP contribution < -0.4 is 5.32 Å². The average molecular weight is 564 g/mol. The van der Waals surface area contributed by atoms with Crippen molar-refractivity contribution in [2.75, 3.05) is 11.9 Å². The van der Waals surface area contributed by atoms with E-state index >= 15 is 0 Å². The molecule has 1 amide bonds. The van der Waals surface area contributed by atoms with Crippen LogP contribution in [0.4, 0.5) is 10.5 Å². The van der Waals surface area contributed by atoms with Crippen molar-refractivity contribution in [3.05, 3.63) is 102 Å². The summed E-state index contributed by atoms with van der Waals surface area (Å²) in [5.41, 5.74) is 2.46. The molecule has 3 aromatic carbocycles. The summed E-state index contributed by atoms with van der Waals surface area (Å²) in [6.07, 6.45) is -5.18. The molecule has 0 unspecified atom stereocenters. The molecule has 0 aromatic heterocycles. The summed E-state index contributed by atoms with van der Waals surface area (Å²) in [4.78, 5) is 24.9. The van der Waals surface area contributed by atoms with Gasteiger partial charge in [-0.3, -0.25) is 10.1 Å². The summed E-state index contributed by atoms with van der Waals surface area (Å²) >= 11 is 0. The molecule has 1 aliphatic rings. The van der Waals surface area contributed by atoms with Gasteiger partial charge in [0.1, 0.15) is 24.9 Å². The molecule has 3 aromatic rings. The minimum absolute atomic E-state index is 0.217. The Labute approximate surface area is 240 Å². The Bertz CT molecular complexity index is 1210. The molecular formula is C32H37NO8. The number of esters is 1. The molecule has 1 heterocycles. The third-order valence-electron chi connectivity index (χ3n) is 6.27. The zero-order valence-corrected chi connectivity index (χ0v) is 23.5. The number of hydrogen-bond acceptors (Lipinski definition) is 8. The molecule has 0 aliphatic carbocycles. The SMILES string of the molecule is CC(=O)O[C@H]1[C@H](OCc2ccccc2)[C@@H](OCc2ccccc2)[C@H](OC(C)C)O[C@@H]1COC(=O)Nc1ccccc1. The summed E-state index contributed by atoms with van der Waals surface area (Å²) in [6.45, 7) is 5.34. The standard InChI is InChI=1S/C32H37NO8/c1-22(2)39-31-30(37-20-25-15-9-5-10-16-25)29(36-19-24-13-7-4-8-14-24)28(40-23(3)34)27(41-31)21-38-32(35)33-26-17-11-6-12-18-26/h4-18,22,27-31H,19-21H2,1-3H3,(H,33,35)/t27-,28-,29+,30-,31-/m1/s1. The first kappa shape index (κ1) is 30.2. The van der Waals surface area contributed by atoms with E-state index < -0.39 is 42.8 Å². The molecule has 4 rings (SSSR count). The van der Waals surface area contributed by atoms with Crippen LogP contribution in [0, 0.1) is 0 Å². The summed E-state index contributed by atoms with van der Waals surface area (Å²) in [6, 6.07) is 28.3. The first-order valence-electron chi connectivity index (χ1n) is 13.7. The second-order valence-electron chi connectivity index (χ2n) is 9.91. The van der Waals surface area contributed by atoms with Crippen LogP contribution >= 0.6 is 0 Å². The van der Waals surface area contributed by atoms with Crippen molar-refractivity contribution in [3.63, 3.8) is 0 Å². The molecule has 1 aliphatic heterocycles. The smallest absolute Gasteiger partial charge is 0.411 e. The van der Waals surface area contributed by atoms with E-state index in [1.807, 2.05) is 80.6 Å². The highest BCUT2D eigenvalue weighted by atomic mass is 16.7. The number of anilines is 1. The first-order chi connectivity index (χ1) is 19.9. The van der Waals surface area contributed by atoms with Gasteiger partial charge in [-0.05, 0) is 37.1 Å². The lowest BCUT2D eigenvalue weighted by molar-refractivity contribution is -0.327. The lowest BCUT2D eigenvalue weighted by Crippen LogP contribution is -2.62. The van der Waals surface area contributed by atoms with Crippen molar-refractivity contribution in [3.8, 4) is 0 Å². The predicted octanol–water partition coefficient (Wildman–Crippen LogP) is 5.49. The van der Waals surface area contributed by atoms with E-state index in [9.17, 15) is 9.59 Å². The van der Waals surface area contributed by atoms with Gasteiger partial charge in [0, 0.05) is 12.6 Å². The number of benzene rings is 3. The second kappa shape index (κ2) is 15.3. The number of ether oxygens (including phenoxy) is 6. The number of amides is 1. The van der Waals surface area contributed by atoms with Gasteiger partial charge in [-0.1, -0.05) is 78.9 Å². The van der Waals surface area contributed by atoms with Crippen LogP contribution in [-0.4, -0.2) is 55.5 Å². The quantitative estimate of drug-likeness (QED) is 0.289. The van der Waals surface area contributed by atoms with E-state index in [2.05, 4.69) is 5.32 Å². The van der Waals surface area contributed by atoms with Crippen LogP contribution in [0.1, 0.15) is 31.9 Å². The largest absolute Gasteiger partial charge is 0.457 e. The fourth-order valence-corrected chi connectivity index (χ4v) is 4.46. The third-order valence-corrected chi connectivity index (χ3v) is 6.27. The Balaban J connectivity index is 1.58. The fraction of sp³-hybridized carbons (Fsp3) is 0.375. The van der Waals surface area contributed by atoms with Gasteiger partial charge < -0.3 is 28.4 Å². The van der Waals surface area contributed by atoms with Gasteiger partial charge in [-0.15, -0.1) is 0 Å². The van der Waals surface area contributed by atoms with Crippen molar-refractivity contribution < 1.29 is 38.0 Å². The monoisotopic (exact) mass is 563 g/mol. The molecule has 218 valence electrons. The number of nitrogens with one attached hydrogen (secondary N) is 1. The molecule has 0 spiro atoms. The zero-order chi connectivity index (χ0) is 29.0. The van der Waals surface area contributed by atoms with Crippen LogP contribution in [0.2, 0.25) is 0 Å². The minimum Gasteiger partial charge on any atom is -0.457 e. The van der Waals surface area contributed by atoms with Crippen LogP contribution in [-0.2, 0) is 46.4 Å². The Kier molecular flexibility index (Phi) is 11.3. The molecular weight excluding hydrogens is 526 g/mol. The van der Waals surface area contributed by atoms with E-state index in [1.165, 1.54) is 6.92 Å². The summed E-state index contributed by atoms with van der Waals surface area (Å²) < 4.78 is 36.5. The van der Waals surface area contributed by atoms with E-state index in [0.717, 1.165) is 11.1 Å². The Morgan fingerprint density at radius 2 is 1.32 bits per heavy atom. The van der Waals surface area contributed by atoms with Crippen LogP contribution in [0.25, 0.3) is 0 Å². The number of rotatable bonds is 12. The number of carbonyl (C=O) groups excluding carboxylic acids is 2. The van der Waals surface area contributed by atoms with Crippen molar-refractivity contribution in [1.82, 2.24) is 0 Å². The van der Waals surface area contributed by atoms with E-state index in [-0.39, 0.29) is 25.9 Å².